The molecule has 1 aromatic carbocycles. The van der Waals surface area contributed by atoms with Gasteiger partial charge in [-0.1, -0.05) is 11.3 Å². The summed E-state index contributed by atoms with van der Waals surface area (Å²) in [6.07, 6.45) is 3.43. The molecule has 0 spiro atoms. The Balaban J connectivity index is 1.78. The summed E-state index contributed by atoms with van der Waals surface area (Å²) >= 11 is 0. The van der Waals surface area contributed by atoms with E-state index in [0.717, 1.165) is 12.8 Å². The SMILES string of the molecule is CC(N)C1CCCN(C(=O)c2cn(-c3cccc([N+](=O)[O-])c3)nn2)C1. The quantitative estimate of drug-likeness (QED) is 0.661. The molecule has 1 aromatic heterocycles. The van der Waals surface area contributed by atoms with Crippen molar-refractivity contribution in [1.29, 1.82) is 0 Å². The van der Waals surface area contributed by atoms with Crippen molar-refractivity contribution < 1.29 is 9.72 Å². The number of likely N-dealkylation sites (tertiary alicyclic amines) is 1. The zero-order chi connectivity index (χ0) is 18.0. The van der Waals surface area contributed by atoms with Gasteiger partial charge < -0.3 is 10.6 Å². The molecule has 132 valence electrons. The molecule has 1 amide bonds. The first-order valence-electron chi connectivity index (χ1n) is 8.17. The summed E-state index contributed by atoms with van der Waals surface area (Å²) in [7, 11) is 0. The zero-order valence-corrected chi connectivity index (χ0v) is 13.9. The highest BCUT2D eigenvalue weighted by Gasteiger charge is 2.28. The monoisotopic (exact) mass is 344 g/mol. The summed E-state index contributed by atoms with van der Waals surface area (Å²) in [5.74, 6) is 0.0894. The van der Waals surface area contributed by atoms with Crippen LogP contribution in [-0.2, 0) is 0 Å². The van der Waals surface area contributed by atoms with Crippen LogP contribution in [0.4, 0.5) is 5.69 Å². The number of nitrogens with zero attached hydrogens (tertiary/aromatic N) is 5. The van der Waals surface area contributed by atoms with Crippen molar-refractivity contribution in [3.05, 3.63) is 46.3 Å². The Hall–Kier alpha value is -2.81. The lowest BCUT2D eigenvalue weighted by Crippen LogP contribution is -2.45. The van der Waals surface area contributed by atoms with E-state index >= 15 is 0 Å². The zero-order valence-electron chi connectivity index (χ0n) is 13.9. The number of non-ortho nitro benzene ring substituents is 1. The second-order valence-corrected chi connectivity index (χ2v) is 6.34. The molecule has 2 N–H and O–H groups in total. The third-order valence-electron chi connectivity index (χ3n) is 4.51. The molecular formula is C16H20N6O3. The van der Waals surface area contributed by atoms with E-state index in [9.17, 15) is 14.9 Å². The minimum absolute atomic E-state index is 0.0381. The number of aromatic nitrogens is 3. The molecule has 2 heterocycles. The fraction of sp³-hybridized carbons (Fsp3) is 0.438. The van der Waals surface area contributed by atoms with Gasteiger partial charge >= 0.3 is 0 Å². The number of hydrogen-bond donors (Lipinski definition) is 1. The van der Waals surface area contributed by atoms with E-state index in [0.29, 0.717) is 18.8 Å². The van der Waals surface area contributed by atoms with Gasteiger partial charge in [0.2, 0.25) is 0 Å². The maximum absolute atomic E-state index is 12.6. The minimum Gasteiger partial charge on any atom is -0.337 e. The highest BCUT2D eigenvalue weighted by molar-refractivity contribution is 5.92. The van der Waals surface area contributed by atoms with Crippen LogP contribution in [0.2, 0.25) is 0 Å². The average molecular weight is 344 g/mol. The topological polar surface area (TPSA) is 120 Å². The van der Waals surface area contributed by atoms with Crippen LogP contribution in [-0.4, -0.2) is 49.9 Å². The van der Waals surface area contributed by atoms with Crippen LogP contribution in [0.3, 0.4) is 0 Å². The molecule has 9 nitrogen and oxygen atoms in total. The van der Waals surface area contributed by atoms with Crippen LogP contribution in [0.1, 0.15) is 30.3 Å². The molecule has 9 heteroatoms. The van der Waals surface area contributed by atoms with E-state index in [1.54, 1.807) is 17.0 Å². The maximum atomic E-state index is 12.6. The number of carbonyl (C=O) groups excluding carboxylic acids is 1. The summed E-state index contributed by atoms with van der Waals surface area (Å²) < 4.78 is 1.37. The van der Waals surface area contributed by atoms with E-state index in [4.69, 9.17) is 5.73 Å². The van der Waals surface area contributed by atoms with E-state index in [1.165, 1.54) is 23.0 Å². The fourth-order valence-corrected chi connectivity index (χ4v) is 3.02. The predicted octanol–water partition coefficient (Wildman–Crippen LogP) is 1.37. The molecule has 25 heavy (non-hydrogen) atoms. The fourth-order valence-electron chi connectivity index (χ4n) is 3.02. The van der Waals surface area contributed by atoms with Crippen molar-refractivity contribution >= 4 is 11.6 Å². The number of carbonyl (C=O) groups is 1. The van der Waals surface area contributed by atoms with Gasteiger partial charge in [0.1, 0.15) is 0 Å². The van der Waals surface area contributed by atoms with Crippen molar-refractivity contribution in [3.63, 3.8) is 0 Å². The summed E-state index contributed by atoms with van der Waals surface area (Å²) in [5, 5.41) is 18.7. The molecule has 1 aliphatic heterocycles. The number of nitro groups is 1. The lowest BCUT2D eigenvalue weighted by atomic mass is 9.92. The molecule has 0 saturated carbocycles. The molecule has 2 atom stereocenters. The van der Waals surface area contributed by atoms with Gasteiger partial charge in [-0.2, -0.15) is 0 Å². The molecule has 2 unspecified atom stereocenters. The van der Waals surface area contributed by atoms with Gasteiger partial charge in [0.25, 0.3) is 11.6 Å². The van der Waals surface area contributed by atoms with Gasteiger partial charge in [0, 0.05) is 31.3 Å². The number of hydrogen-bond acceptors (Lipinski definition) is 6. The van der Waals surface area contributed by atoms with Crippen molar-refractivity contribution in [3.8, 4) is 5.69 Å². The summed E-state index contributed by atoms with van der Waals surface area (Å²) in [4.78, 5) is 24.8. The maximum Gasteiger partial charge on any atom is 0.276 e. The van der Waals surface area contributed by atoms with Crippen LogP contribution in [0.25, 0.3) is 5.69 Å². The molecule has 0 bridgehead atoms. The molecule has 0 radical (unpaired) electrons. The Labute approximate surface area is 144 Å². The number of rotatable bonds is 4. The summed E-state index contributed by atoms with van der Waals surface area (Å²) in [5.41, 5.74) is 6.62. The van der Waals surface area contributed by atoms with Crippen molar-refractivity contribution in [2.75, 3.05) is 13.1 Å². The van der Waals surface area contributed by atoms with Crippen molar-refractivity contribution in [1.82, 2.24) is 19.9 Å². The first kappa shape index (κ1) is 17.0. The highest BCUT2D eigenvalue weighted by Crippen LogP contribution is 2.21. The Bertz CT molecular complexity index is 788. The Morgan fingerprint density at radius 2 is 2.28 bits per heavy atom. The molecule has 2 aromatic rings. The minimum atomic E-state index is -0.478. The van der Waals surface area contributed by atoms with Crippen LogP contribution in [0.5, 0.6) is 0 Å². The van der Waals surface area contributed by atoms with Gasteiger partial charge in [-0.3, -0.25) is 14.9 Å². The molecular weight excluding hydrogens is 324 g/mol. The van der Waals surface area contributed by atoms with Gasteiger partial charge in [0.05, 0.1) is 16.8 Å². The van der Waals surface area contributed by atoms with Gasteiger partial charge in [0.15, 0.2) is 5.69 Å². The number of piperidine rings is 1. The van der Waals surface area contributed by atoms with E-state index in [2.05, 4.69) is 10.3 Å². The normalized spacial score (nSPS) is 18.8. The molecule has 1 fully saturated rings. The highest BCUT2D eigenvalue weighted by atomic mass is 16.6. The molecule has 1 aliphatic rings. The van der Waals surface area contributed by atoms with Crippen LogP contribution in [0, 0.1) is 16.0 Å². The standard InChI is InChI=1S/C16H20N6O3/c1-11(17)12-4-3-7-20(9-12)16(23)15-10-21(19-18-15)13-5-2-6-14(8-13)22(24)25/h2,5-6,8,10-12H,3-4,7,9,17H2,1H3. The third kappa shape index (κ3) is 3.66. The van der Waals surface area contributed by atoms with Crippen molar-refractivity contribution in [2.24, 2.45) is 11.7 Å². The lowest BCUT2D eigenvalue weighted by Gasteiger charge is -2.34. The first-order valence-corrected chi connectivity index (χ1v) is 8.17. The summed E-state index contributed by atoms with van der Waals surface area (Å²) in [6, 6.07) is 6.05. The third-order valence-corrected chi connectivity index (χ3v) is 4.51. The second kappa shape index (κ2) is 6.98. The second-order valence-electron chi connectivity index (χ2n) is 6.34. The van der Waals surface area contributed by atoms with E-state index in [-0.39, 0.29) is 29.2 Å². The smallest absolute Gasteiger partial charge is 0.276 e. The van der Waals surface area contributed by atoms with Crippen LogP contribution < -0.4 is 5.73 Å². The van der Waals surface area contributed by atoms with Crippen LogP contribution in [0.15, 0.2) is 30.5 Å². The van der Waals surface area contributed by atoms with Crippen LogP contribution >= 0.6 is 0 Å². The average Bonchev–Trinajstić information content (AvgIpc) is 3.11. The van der Waals surface area contributed by atoms with Gasteiger partial charge in [-0.15, -0.1) is 5.10 Å². The predicted molar refractivity (Wildman–Crippen MR) is 90.3 cm³/mol. The first-order chi connectivity index (χ1) is 12.0. The largest absolute Gasteiger partial charge is 0.337 e. The Morgan fingerprint density at radius 3 is 3.00 bits per heavy atom. The summed E-state index contributed by atoms with van der Waals surface area (Å²) in [6.45, 7) is 3.24. The lowest BCUT2D eigenvalue weighted by molar-refractivity contribution is -0.384. The number of amides is 1. The number of benzene rings is 1. The molecule has 1 saturated heterocycles. The Morgan fingerprint density at radius 1 is 1.48 bits per heavy atom. The molecule has 0 aliphatic carbocycles. The van der Waals surface area contributed by atoms with Crippen molar-refractivity contribution in [2.45, 2.75) is 25.8 Å². The van der Waals surface area contributed by atoms with E-state index < -0.39 is 4.92 Å². The van der Waals surface area contributed by atoms with Gasteiger partial charge in [-0.25, -0.2) is 4.68 Å². The number of nitrogens with two attached hydrogens (primary N) is 1. The van der Waals surface area contributed by atoms with E-state index in [1.807, 2.05) is 6.92 Å². The van der Waals surface area contributed by atoms with Gasteiger partial charge in [-0.05, 0) is 31.7 Å². The number of nitro benzene ring substituents is 1. The molecule has 3 rings (SSSR count). The Kier molecular flexibility index (Phi) is 4.75.